The minimum absolute atomic E-state index is 0.0378. The monoisotopic (exact) mass is 392 g/mol. The number of carbonyl (C=O) groups is 2. The van der Waals surface area contributed by atoms with E-state index >= 15 is 4.39 Å². The average Bonchev–Trinajstić information content (AvgIpc) is 2.84. The molecular formula is C21H25FO6. The molecule has 2 unspecified atom stereocenters. The van der Waals surface area contributed by atoms with Crippen molar-refractivity contribution in [2.75, 3.05) is 6.61 Å². The van der Waals surface area contributed by atoms with Crippen LogP contribution in [0.15, 0.2) is 36.0 Å². The second-order valence-electron chi connectivity index (χ2n) is 9.03. The van der Waals surface area contributed by atoms with Gasteiger partial charge in [0.2, 0.25) is 0 Å². The summed E-state index contributed by atoms with van der Waals surface area (Å²) in [6.45, 7) is 2.23. The molecule has 0 saturated heterocycles. The molecule has 6 nitrogen and oxygen atoms in total. The van der Waals surface area contributed by atoms with Crippen LogP contribution in [-0.2, 0) is 9.59 Å². The van der Waals surface area contributed by atoms with Gasteiger partial charge in [-0.15, -0.1) is 0 Å². The van der Waals surface area contributed by atoms with Gasteiger partial charge in [0.25, 0.3) is 0 Å². The van der Waals surface area contributed by atoms with E-state index in [1.165, 1.54) is 18.2 Å². The van der Waals surface area contributed by atoms with Gasteiger partial charge in [0.05, 0.1) is 12.2 Å². The van der Waals surface area contributed by atoms with Crippen LogP contribution in [-0.4, -0.2) is 62.1 Å². The van der Waals surface area contributed by atoms with Gasteiger partial charge < -0.3 is 20.4 Å². The fourth-order valence-corrected chi connectivity index (χ4v) is 6.31. The Balaban J connectivity index is 1.88. The van der Waals surface area contributed by atoms with Crippen molar-refractivity contribution in [3.8, 4) is 0 Å². The number of Topliss-reactive ketones (excluding diaryl/α,β-unsaturated/α-hetero) is 1. The fourth-order valence-electron chi connectivity index (χ4n) is 6.31. The SMILES string of the molecule is C[C@]12C=CC(=O)C=C1C=C[C@H]1[C@@H]3CC(O)[C@](O)(C(=O)CO)[C@@]3(C)CC(O)[C@@]12F. The molecule has 0 aromatic rings. The van der Waals surface area contributed by atoms with Gasteiger partial charge in [0.1, 0.15) is 6.61 Å². The number of hydrogen-bond donors (Lipinski definition) is 4. The normalized spacial score (nSPS) is 52.0. The lowest BCUT2D eigenvalue weighted by atomic mass is 9.46. The summed E-state index contributed by atoms with van der Waals surface area (Å²) in [5.74, 6) is -2.72. The second kappa shape index (κ2) is 5.69. The average molecular weight is 392 g/mol. The van der Waals surface area contributed by atoms with Crippen molar-refractivity contribution < 1.29 is 34.4 Å². The fraction of sp³-hybridized carbons (Fsp3) is 0.619. The molecule has 8 atom stereocenters. The van der Waals surface area contributed by atoms with Gasteiger partial charge in [0.15, 0.2) is 22.8 Å². The van der Waals surface area contributed by atoms with E-state index in [0.717, 1.165) is 0 Å². The summed E-state index contributed by atoms with van der Waals surface area (Å²) in [4.78, 5) is 24.1. The van der Waals surface area contributed by atoms with E-state index < -0.39 is 58.5 Å². The lowest BCUT2D eigenvalue weighted by Gasteiger charge is -2.60. The van der Waals surface area contributed by atoms with E-state index in [2.05, 4.69) is 0 Å². The summed E-state index contributed by atoms with van der Waals surface area (Å²) in [6.07, 6.45) is 4.01. The van der Waals surface area contributed by atoms with Gasteiger partial charge in [-0.3, -0.25) is 9.59 Å². The highest BCUT2D eigenvalue weighted by molar-refractivity contribution is 6.01. The number of ketones is 2. The Morgan fingerprint density at radius 2 is 1.93 bits per heavy atom. The molecule has 0 aliphatic heterocycles. The number of alkyl halides is 1. The van der Waals surface area contributed by atoms with E-state index in [4.69, 9.17) is 0 Å². The Labute approximate surface area is 162 Å². The Hall–Kier alpha value is -1.67. The molecule has 0 aromatic carbocycles. The molecule has 4 aliphatic carbocycles. The first-order valence-electron chi connectivity index (χ1n) is 9.52. The summed E-state index contributed by atoms with van der Waals surface area (Å²) in [6, 6.07) is 0. The number of aliphatic hydroxyl groups excluding tert-OH is 3. The van der Waals surface area contributed by atoms with Crippen molar-refractivity contribution in [2.45, 2.75) is 50.2 Å². The molecule has 4 N–H and O–H groups in total. The molecule has 2 saturated carbocycles. The Morgan fingerprint density at radius 3 is 2.57 bits per heavy atom. The van der Waals surface area contributed by atoms with Crippen LogP contribution in [0.1, 0.15) is 26.7 Å². The molecule has 7 heteroatoms. The van der Waals surface area contributed by atoms with Crippen LogP contribution >= 0.6 is 0 Å². The third kappa shape index (κ3) is 1.95. The first kappa shape index (κ1) is 19.6. The van der Waals surface area contributed by atoms with Crippen molar-refractivity contribution >= 4 is 11.6 Å². The van der Waals surface area contributed by atoms with Crippen LogP contribution in [0, 0.1) is 22.7 Å². The maximum absolute atomic E-state index is 16.7. The van der Waals surface area contributed by atoms with Crippen LogP contribution in [0.3, 0.4) is 0 Å². The number of carbonyl (C=O) groups excluding carboxylic acids is 2. The molecule has 4 aliphatic rings. The first-order chi connectivity index (χ1) is 13.0. The van der Waals surface area contributed by atoms with Gasteiger partial charge in [0, 0.05) is 16.7 Å². The molecule has 152 valence electrons. The lowest BCUT2D eigenvalue weighted by Crippen LogP contribution is -2.69. The van der Waals surface area contributed by atoms with Crippen LogP contribution in [0.2, 0.25) is 0 Å². The number of aliphatic hydroxyl groups is 4. The Morgan fingerprint density at radius 1 is 1.25 bits per heavy atom. The number of hydrogen-bond acceptors (Lipinski definition) is 6. The zero-order valence-electron chi connectivity index (χ0n) is 15.8. The predicted octanol–water partition coefficient (Wildman–Crippen LogP) is 0.397. The summed E-state index contributed by atoms with van der Waals surface area (Å²) < 4.78 is 16.7. The zero-order valence-corrected chi connectivity index (χ0v) is 15.8. The maximum atomic E-state index is 16.7. The van der Waals surface area contributed by atoms with E-state index in [-0.39, 0.29) is 18.6 Å². The highest BCUT2D eigenvalue weighted by atomic mass is 19.1. The minimum Gasteiger partial charge on any atom is -0.390 e. The van der Waals surface area contributed by atoms with Crippen LogP contribution in [0.4, 0.5) is 4.39 Å². The lowest BCUT2D eigenvalue weighted by molar-refractivity contribution is -0.209. The predicted molar refractivity (Wildman–Crippen MR) is 96.7 cm³/mol. The van der Waals surface area contributed by atoms with Gasteiger partial charge in [-0.1, -0.05) is 25.2 Å². The van der Waals surface area contributed by atoms with Crippen molar-refractivity contribution in [1.29, 1.82) is 0 Å². The standard InChI is InChI=1S/C21H25FO6/c1-18-6-5-12(24)7-11(18)3-4-13-14-8-15(25)21(28,17(27)10-23)19(14,2)9-16(26)20(13,18)22/h3-7,13-16,23,25-26,28H,8-10H2,1-2H3/t13-,14-,15?,16?,18-,19-,20-,21-/m0/s1. The van der Waals surface area contributed by atoms with E-state index in [0.29, 0.717) is 5.57 Å². The van der Waals surface area contributed by atoms with Crippen molar-refractivity contribution in [1.82, 2.24) is 0 Å². The molecule has 2 fully saturated rings. The summed E-state index contributed by atoms with van der Waals surface area (Å²) in [5, 5.41) is 42.0. The minimum atomic E-state index is -2.27. The maximum Gasteiger partial charge on any atom is 0.192 e. The van der Waals surface area contributed by atoms with Crippen molar-refractivity contribution in [3.63, 3.8) is 0 Å². The molecule has 28 heavy (non-hydrogen) atoms. The highest BCUT2D eigenvalue weighted by Gasteiger charge is 2.75. The molecule has 0 spiro atoms. The van der Waals surface area contributed by atoms with E-state index in [1.54, 1.807) is 26.0 Å². The van der Waals surface area contributed by atoms with Gasteiger partial charge in [-0.05, 0) is 43.4 Å². The number of allylic oxidation sites excluding steroid dienone is 6. The van der Waals surface area contributed by atoms with Gasteiger partial charge in [-0.2, -0.15) is 0 Å². The third-order valence-corrected chi connectivity index (χ3v) is 8.00. The molecular weight excluding hydrogens is 367 g/mol. The molecule has 4 rings (SSSR count). The second-order valence-corrected chi connectivity index (χ2v) is 9.03. The van der Waals surface area contributed by atoms with Crippen LogP contribution in [0.25, 0.3) is 0 Å². The van der Waals surface area contributed by atoms with Crippen LogP contribution in [0.5, 0.6) is 0 Å². The molecule has 0 heterocycles. The molecule has 0 bridgehead atoms. The first-order valence-corrected chi connectivity index (χ1v) is 9.52. The zero-order chi connectivity index (χ0) is 20.7. The molecule has 0 amide bonds. The quantitative estimate of drug-likeness (QED) is 0.541. The Bertz CT molecular complexity index is 848. The van der Waals surface area contributed by atoms with Gasteiger partial charge in [-0.25, -0.2) is 4.39 Å². The topological polar surface area (TPSA) is 115 Å². The van der Waals surface area contributed by atoms with Crippen LogP contribution < -0.4 is 0 Å². The van der Waals surface area contributed by atoms with Crippen molar-refractivity contribution in [2.24, 2.45) is 22.7 Å². The summed E-state index contributed by atoms with van der Waals surface area (Å²) in [7, 11) is 0. The summed E-state index contributed by atoms with van der Waals surface area (Å²) >= 11 is 0. The molecule has 0 radical (unpaired) electrons. The largest absolute Gasteiger partial charge is 0.390 e. The number of halogens is 1. The van der Waals surface area contributed by atoms with E-state index in [9.17, 15) is 30.0 Å². The van der Waals surface area contributed by atoms with Gasteiger partial charge >= 0.3 is 0 Å². The number of rotatable bonds is 2. The van der Waals surface area contributed by atoms with E-state index in [1.807, 2.05) is 0 Å². The summed E-state index contributed by atoms with van der Waals surface area (Å²) in [5.41, 5.74) is -6.56. The Kier molecular flexibility index (Phi) is 3.99. The molecule has 0 aromatic heterocycles. The third-order valence-electron chi connectivity index (χ3n) is 8.00. The van der Waals surface area contributed by atoms with Crippen molar-refractivity contribution in [3.05, 3.63) is 36.0 Å². The highest BCUT2D eigenvalue weighted by Crippen LogP contribution is 2.68. The number of fused-ring (bicyclic) bond motifs is 5. The smallest absolute Gasteiger partial charge is 0.192 e.